The van der Waals surface area contributed by atoms with E-state index in [0.29, 0.717) is 0 Å². The Balaban J connectivity index is 0.884. The lowest BCUT2D eigenvalue weighted by molar-refractivity contribution is 0.633. The fraction of sp³-hybridized carbons (Fsp3) is 0.0909. The monoisotopic (exact) mass is 900 g/mol. The Hall–Kier alpha value is -8.60. The van der Waals surface area contributed by atoms with E-state index in [-0.39, 0.29) is 6.04 Å². The molecule has 11 aromatic rings. The van der Waals surface area contributed by atoms with Gasteiger partial charge in [-0.3, -0.25) is 0 Å². The highest BCUT2D eigenvalue weighted by Crippen LogP contribution is 2.49. The zero-order valence-corrected chi connectivity index (χ0v) is 38.7. The maximum absolute atomic E-state index is 7.06. The molecule has 0 fully saturated rings. The van der Waals surface area contributed by atoms with E-state index in [1.165, 1.54) is 55.8 Å². The van der Waals surface area contributed by atoms with Crippen LogP contribution in [0, 0.1) is 0 Å². The molecule has 9 aromatic carbocycles. The highest BCUT2D eigenvalue weighted by atomic mass is 16.4. The van der Waals surface area contributed by atoms with Crippen LogP contribution in [0.3, 0.4) is 0 Å². The summed E-state index contributed by atoms with van der Waals surface area (Å²) >= 11 is 0. The Kier molecular flexibility index (Phi) is 9.58. The minimum absolute atomic E-state index is 0.174. The number of furan rings is 2. The second-order valence-corrected chi connectivity index (χ2v) is 18.8. The predicted molar refractivity (Wildman–Crippen MR) is 293 cm³/mol. The number of hydrogen-bond donors (Lipinski definition) is 0. The Morgan fingerprint density at radius 2 is 1.01 bits per heavy atom. The van der Waals surface area contributed by atoms with E-state index in [1.54, 1.807) is 0 Å². The summed E-state index contributed by atoms with van der Waals surface area (Å²) in [7, 11) is 0. The van der Waals surface area contributed by atoms with E-state index in [1.807, 2.05) is 0 Å². The topological polar surface area (TPSA) is 32.8 Å². The van der Waals surface area contributed by atoms with E-state index < -0.39 is 0 Å². The summed E-state index contributed by atoms with van der Waals surface area (Å²) in [6.07, 6.45) is 20.9. The third kappa shape index (κ3) is 6.51. The van der Waals surface area contributed by atoms with Crippen LogP contribution in [0.15, 0.2) is 245 Å². The molecule has 0 N–H and O–H groups in total. The first kappa shape index (κ1) is 40.5. The Morgan fingerprint density at radius 3 is 1.69 bits per heavy atom. The van der Waals surface area contributed by atoms with E-state index in [2.05, 4.69) is 234 Å². The lowest BCUT2D eigenvalue weighted by Crippen LogP contribution is -2.30. The predicted octanol–water partition coefficient (Wildman–Crippen LogP) is 18.4. The molecule has 4 nitrogen and oxygen atoms in total. The average molecular weight is 901 g/mol. The molecule has 3 aliphatic carbocycles. The van der Waals surface area contributed by atoms with E-state index >= 15 is 0 Å². The zero-order valence-electron chi connectivity index (χ0n) is 38.7. The normalized spacial score (nSPS) is 15.7. The molecule has 0 saturated heterocycles. The SMILES string of the molecule is C1=CCCC(N(c2ccccc2)c2ccc(-c3ccc4c(c3)oc3c5oc6cc(C7=CCC(N(C8=CC=CCC8)c8ccccc8)c8ccccc87)ccc6c5c5ccccc5c43)c3ccccc23)=C1. The summed E-state index contributed by atoms with van der Waals surface area (Å²) in [5.74, 6) is 0. The number of anilines is 3. The molecule has 0 radical (unpaired) electrons. The molecule has 0 saturated carbocycles. The maximum atomic E-state index is 7.06. The number of hydrogen-bond acceptors (Lipinski definition) is 4. The quantitative estimate of drug-likeness (QED) is 0.152. The first-order valence-corrected chi connectivity index (χ1v) is 24.7. The maximum Gasteiger partial charge on any atom is 0.179 e. The number of nitrogens with zero attached hydrogens (tertiary/aromatic N) is 2. The highest BCUT2D eigenvalue weighted by molar-refractivity contribution is 6.33. The summed E-state index contributed by atoms with van der Waals surface area (Å²) < 4.78 is 14.1. The lowest BCUT2D eigenvalue weighted by Gasteiger charge is -2.39. The number of fused-ring (bicyclic) bond motifs is 12. The average Bonchev–Trinajstić information content (AvgIpc) is 4.02. The van der Waals surface area contributed by atoms with Gasteiger partial charge in [-0.25, -0.2) is 0 Å². The fourth-order valence-corrected chi connectivity index (χ4v) is 11.8. The Morgan fingerprint density at radius 1 is 0.443 bits per heavy atom. The van der Waals surface area contributed by atoms with Gasteiger partial charge >= 0.3 is 0 Å². The zero-order chi connectivity index (χ0) is 46.1. The summed E-state index contributed by atoms with van der Waals surface area (Å²) in [6, 6.07) is 66.4. The van der Waals surface area contributed by atoms with Crippen LogP contribution in [0.2, 0.25) is 0 Å². The van der Waals surface area contributed by atoms with Crippen molar-refractivity contribution in [3.8, 4) is 11.1 Å². The highest BCUT2D eigenvalue weighted by Gasteiger charge is 2.30. The Bertz CT molecular complexity index is 4050. The second kappa shape index (κ2) is 16.6. The molecule has 4 heteroatoms. The molecule has 3 aliphatic rings. The van der Waals surface area contributed by atoms with Crippen LogP contribution in [-0.2, 0) is 0 Å². The van der Waals surface area contributed by atoms with Gasteiger partial charge in [0, 0.05) is 49.7 Å². The first-order valence-electron chi connectivity index (χ1n) is 24.7. The van der Waals surface area contributed by atoms with Crippen molar-refractivity contribution in [3.05, 3.63) is 253 Å². The van der Waals surface area contributed by atoms with Gasteiger partial charge in [0.15, 0.2) is 11.2 Å². The van der Waals surface area contributed by atoms with Crippen molar-refractivity contribution in [1.82, 2.24) is 0 Å². The molecule has 0 amide bonds. The summed E-state index contributed by atoms with van der Waals surface area (Å²) in [5, 5.41) is 9.06. The van der Waals surface area contributed by atoms with E-state index in [4.69, 9.17) is 8.83 Å². The van der Waals surface area contributed by atoms with Crippen LogP contribution < -0.4 is 9.80 Å². The van der Waals surface area contributed by atoms with Crippen molar-refractivity contribution in [2.45, 2.75) is 38.1 Å². The molecule has 0 bridgehead atoms. The minimum atomic E-state index is 0.174. The number of para-hydroxylation sites is 2. The van der Waals surface area contributed by atoms with Crippen molar-refractivity contribution in [1.29, 1.82) is 0 Å². The van der Waals surface area contributed by atoms with Gasteiger partial charge in [0.1, 0.15) is 11.2 Å². The van der Waals surface area contributed by atoms with Crippen molar-refractivity contribution < 1.29 is 8.83 Å². The summed E-state index contributed by atoms with van der Waals surface area (Å²) in [6.45, 7) is 0. The van der Waals surface area contributed by atoms with Crippen molar-refractivity contribution in [2.75, 3.05) is 9.80 Å². The molecular weight excluding hydrogens is 853 g/mol. The number of rotatable bonds is 8. The molecule has 2 aromatic heterocycles. The van der Waals surface area contributed by atoms with Crippen LogP contribution in [-0.4, -0.2) is 0 Å². The van der Waals surface area contributed by atoms with Crippen LogP contribution >= 0.6 is 0 Å². The van der Waals surface area contributed by atoms with Crippen molar-refractivity contribution in [2.24, 2.45) is 0 Å². The molecule has 334 valence electrons. The third-order valence-electron chi connectivity index (χ3n) is 14.9. The van der Waals surface area contributed by atoms with Gasteiger partial charge in [-0.1, -0.05) is 158 Å². The molecule has 0 spiro atoms. The molecule has 2 heterocycles. The molecular formula is C66H48N2O2. The first-order chi connectivity index (χ1) is 34.7. The van der Waals surface area contributed by atoms with E-state index in [9.17, 15) is 0 Å². The van der Waals surface area contributed by atoms with Crippen LogP contribution in [0.25, 0.3) is 82.1 Å². The fourth-order valence-electron chi connectivity index (χ4n) is 11.8. The number of allylic oxidation sites excluding steroid dienone is 8. The van der Waals surface area contributed by atoms with Gasteiger partial charge in [-0.2, -0.15) is 0 Å². The van der Waals surface area contributed by atoms with Crippen LogP contribution in [0.5, 0.6) is 0 Å². The van der Waals surface area contributed by atoms with Crippen LogP contribution in [0.4, 0.5) is 17.1 Å². The standard InChI is InChI=1S/C66H48N2O2/c1-5-19-45(20-6-1)67(46-21-7-2-8-22-46)59-39-37-49(51-27-13-15-29-53(51)59)43-33-35-57-61(41-43)69-65-63(57)55-31-17-18-32-56(55)64-58-36-34-44(42-62(58)70-66(64)65)50-38-40-60(54-30-16-14-28-52(50)54)68(47-23-9-3-10-24-47)48-25-11-4-12-26-48/h1-7,9-11,13-21,23-25,27-39,41-42,60H,8,12,22,26,40H2. The molecule has 0 aliphatic heterocycles. The van der Waals surface area contributed by atoms with Crippen molar-refractivity contribution >= 4 is 88.1 Å². The largest absolute Gasteiger partial charge is 0.452 e. The van der Waals surface area contributed by atoms with Gasteiger partial charge in [0.25, 0.3) is 0 Å². The smallest absolute Gasteiger partial charge is 0.179 e. The van der Waals surface area contributed by atoms with Gasteiger partial charge in [0.2, 0.25) is 0 Å². The lowest BCUT2D eigenvalue weighted by atomic mass is 9.82. The minimum Gasteiger partial charge on any atom is -0.452 e. The molecule has 1 unspecified atom stereocenters. The second-order valence-electron chi connectivity index (χ2n) is 18.8. The molecule has 1 atom stereocenters. The summed E-state index contributed by atoms with van der Waals surface area (Å²) in [4.78, 5) is 5.00. The molecule has 70 heavy (non-hydrogen) atoms. The van der Waals surface area contributed by atoms with Crippen LogP contribution in [0.1, 0.15) is 54.8 Å². The van der Waals surface area contributed by atoms with E-state index in [0.717, 1.165) is 104 Å². The van der Waals surface area contributed by atoms with Gasteiger partial charge in [0.05, 0.1) is 11.7 Å². The van der Waals surface area contributed by atoms with Gasteiger partial charge in [-0.15, -0.1) is 0 Å². The van der Waals surface area contributed by atoms with Crippen molar-refractivity contribution in [3.63, 3.8) is 0 Å². The Labute approximate surface area is 406 Å². The summed E-state index contributed by atoms with van der Waals surface area (Å²) in [5.41, 5.74) is 16.7. The van der Waals surface area contributed by atoms with Gasteiger partial charge < -0.3 is 18.6 Å². The van der Waals surface area contributed by atoms with Gasteiger partial charge in [-0.05, 0) is 148 Å². The molecule has 14 rings (SSSR count). The third-order valence-corrected chi connectivity index (χ3v) is 14.9. The number of benzene rings is 9.